The van der Waals surface area contributed by atoms with Gasteiger partial charge in [-0.1, -0.05) is 6.42 Å². The Labute approximate surface area is 160 Å². The molecule has 3 rings (SSSR count). The first-order valence-corrected chi connectivity index (χ1v) is 9.94. The van der Waals surface area contributed by atoms with Crippen LogP contribution in [0.2, 0.25) is 0 Å². The molecule has 28 heavy (non-hydrogen) atoms. The number of H-pyrrole nitrogens is 1. The number of hydrogen-bond donors (Lipinski definition) is 2. The van der Waals surface area contributed by atoms with Crippen molar-refractivity contribution in [2.24, 2.45) is 0 Å². The molecule has 1 fully saturated rings. The normalized spacial score (nSPS) is 14.6. The second-order valence-corrected chi connectivity index (χ2v) is 7.80. The van der Waals surface area contributed by atoms with Gasteiger partial charge in [0.2, 0.25) is 11.7 Å². The van der Waals surface area contributed by atoms with E-state index in [-0.39, 0.29) is 28.4 Å². The predicted octanol–water partition coefficient (Wildman–Crippen LogP) is 2.53. The minimum atomic E-state index is -3.98. The van der Waals surface area contributed by atoms with E-state index in [1.165, 1.54) is 20.4 Å². The summed E-state index contributed by atoms with van der Waals surface area (Å²) in [5.74, 6) is -0.734. The summed E-state index contributed by atoms with van der Waals surface area (Å²) >= 11 is 0. The smallest absolute Gasteiger partial charge is 0.272 e. The molecule has 2 heterocycles. The molecule has 0 spiro atoms. The Morgan fingerprint density at radius 2 is 1.89 bits per heavy atom. The minimum Gasteiger partial charge on any atom is -0.478 e. The number of rotatable bonds is 9. The van der Waals surface area contributed by atoms with Gasteiger partial charge in [0.25, 0.3) is 28.2 Å². The van der Waals surface area contributed by atoms with Gasteiger partial charge in [0.1, 0.15) is 11.5 Å². The number of hydrogen-bond acceptors (Lipinski definition) is 7. The van der Waals surface area contributed by atoms with Gasteiger partial charge in [-0.25, -0.2) is 21.9 Å². The van der Waals surface area contributed by atoms with Crippen LogP contribution in [0.4, 0.5) is 14.7 Å². The average molecular weight is 418 g/mol. The Balaban J connectivity index is 1.85. The third-order valence-electron chi connectivity index (χ3n) is 4.30. The summed E-state index contributed by atoms with van der Waals surface area (Å²) in [6.45, 7) is -0.922. The molecule has 154 valence electrons. The van der Waals surface area contributed by atoms with Gasteiger partial charge in [-0.15, -0.1) is 0 Å². The minimum absolute atomic E-state index is 0.0361. The molecule has 0 unspecified atom stereocenters. The third kappa shape index (κ3) is 4.26. The van der Waals surface area contributed by atoms with Crippen molar-refractivity contribution in [3.63, 3.8) is 0 Å². The molecule has 1 aliphatic carbocycles. The van der Waals surface area contributed by atoms with Gasteiger partial charge >= 0.3 is 0 Å². The van der Waals surface area contributed by atoms with Gasteiger partial charge in [0.15, 0.2) is 0 Å². The van der Waals surface area contributed by atoms with Crippen molar-refractivity contribution < 1.29 is 31.4 Å². The first kappa shape index (κ1) is 20.1. The van der Waals surface area contributed by atoms with Gasteiger partial charge in [0, 0.05) is 11.9 Å². The lowest BCUT2D eigenvalue weighted by Crippen LogP contribution is -2.16. The van der Waals surface area contributed by atoms with Crippen LogP contribution in [0.3, 0.4) is 0 Å². The topological polar surface area (TPSA) is 115 Å². The van der Waals surface area contributed by atoms with Crippen molar-refractivity contribution in [1.82, 2.24) is 15.0 Å². The summed E-state index contributed by atoms with van der Waals surface area (Å²) in [6, 6.07) is 1.57. The van der Waals surface area contributed by atoms with Crippen LogP contribution in [0.1, 0.15) is 30.9 Å². The number of aromatic nitrogens is 3. The Bertz CT molecular complexity index is 906. The second-order valence-electron chi connectivity index (χ2n) is 6.12. The molecular weight excluding hydrogens is 398 g/mol. The summed E-state index contributed by atoms with van der Waals surface area (Å²) in [5.41, 5.74) is 0.860. The molecule has 0 radical (unpaired) electrons. The lowest BCUT2D eigenvalue weighted by atomic mass is 9.83. The molecule has 0 aromatic carbocycles. The highest BCUT2D eigenvalue weighted by Crippen LogP contribution is 2.37. The molecule has 1 saturated carbocycles. The van der Waals surface area contributed by atoms with Crippen molar-refractivity contribution in [3.05, 3.63) is 18.0 Å². The Morgan fingerprint density at radius 3 is 2.39 bits per heavy atom. The number of nitrogens with one attached hydrogen (secondary N) is 2. The zero-order valence-corrected chi connectivity index (χ0v) is 16.1. The first-order chi connectivity index (χ1) is 13.3. The monoisotopic (exact) mass is 418 g/mol. The SMILES string of the molecule is COc1nc(NS(=O)(=O)c2c[nH]c(C3CCC3)c2)nc(OC)c1OCC(F)F. The van der Waals surface area contributed by atoms with E-state index in [1.807, 2.05) is 0 Å². The van der Waals surface area contributed by atoms with E-state index in [9.17, 15) is 17.2 Å². The molecule has 2 aromatic heterocycles. The fourth-order valence-corrected chi connectivity index (χ4v) is 3.63. The van der Waals surface area contributed by atoms with Crippen LogP contribution in [0.25, 0.3) is 0 Å². The van der Waals surface area contributed by atoms with Gasteiger partial charge in [0.05, 0.1) is 14.2 Å². The van der Waals surface area contributed by atoms with Crippen LogP contribution in [-0.4, -0.2) is 50.6 Å². The largest absolute Gasteiger partial charge is 0.478 e. The molecule has 0 bridgehead atoms. The lowest BCUT2D eigenvalue weighted by molar-refractivity contribution is 0.0781. The summed E-state index contributed by atoms with van der Waals surface area (Å²) in [6.07, 6.45) is 1.82. The van der Waals surface area contributed by atoms with Crippen LogP contribution in [0.5, 0.6) is 17.5 Å². The molecule has 2 N–H and O–H groups in total. The number of sulfonamides is 1. The zero-order chi connectivity index (χ0) is 20.3. The molecule has 0 saturated heterocycles. The molecule has 0 aliphatic heterocycles. The zero-order valence-electron chi connectivity index (χ0n) is 15.2. The van der Waals surface area contributed by atoms with Crippen molar-refractivity contribution in [2.45, 2.75) is 36.5 Å². The highest BCUT2D eigenvalue weighted by atomic mass is 32.2. The van der Waals surface area contributed by atoms with Crippen LogP contribution in [0, 0.1) is 0 Å². The summed E-state index contributed by atoms with van der Waals surface area (Å²) in [4.78, 5) is 10.8. The maximum atomic E-state index is 12.6. The third-order valence-corrected chi connectivity index (χ3v) is 5.61. The van der Waals surface area contributed by atoms with Crippen LogP contribution in [-0.2, 0) is 10.0 Å². The van der Waals surface area contributed by atoms with Gasteiger partial charge < -0.3 is 19.2 Å². The lowest BCUT2D eigenvalue weighted by Gasteiger charge is -2.23. The number of alkyl halides is 2. The van der Waals surface area contributed by atoms with Crippen molar-refractivity contribution in [2.75, 3.05) is 25.5 Å². The Hall–Kier alpha value is -2.63. The standard InChI is InChI=1S/C16H20F2N4O5S/c1-25-14-13(27-8-12(17)18)15(26-2)21-16(20-14)22-28(23,24)10-6-11(19-7-10)9-4-3-5-9/h6-7,9,12,19H,3-5,8H2,1-2H3,(H,20,21,22). The van der Waals surface area contributed by atoms with Crippen molar-refractivity contribution >= 4 is 16.0 Å². The quantitative estimate of drug-likeness (QED) is 0.643. The van der Waals surface area contributed by atoms with E-state index in [1.54, 1.807) is 6.07 Å². The van der Waals surface area contributed by atoms with Crippen LogP contribution in [0.15, 0.2) is 17.2 Å². The molecule has 2 aromatic rings. The van der Waals surface area contributed by atoms with Crippen LogP contribution < -0.4 is 18.9 Å². The van der Waals surface area contributed by atoms with E-state index in [2.05, 4.69) is 19.7 Å². The number of ether oxygens (including phenoxy) is 3. The molecule has 9 nitrogen and oxygen atoms in total. The second kappa shape index (κ2) is 8.17. The molecular formula is C16H20F2N4O5S. The number of aromatic amines is 1. The number of halogens is 2. The predicted molar refractivity (Wildman–Crippen MR) is 94.8 cm³/mol. The summed E-state index contributed by atoms with van der Waals surface area (Å²) in [7, 11) is -1.52. The van der Waals surface area contributed by atoms with E-state index in [4.69, 9.17) is 14.2 Å². The Kier molecular flexibility index (Phi) is 5.87. The highest BCUT2D eigenvalue weighted by Gasteiger charge is 2.26. The molecule has 12 heteroatoms. The summed E-state index contributed by atoms with van der Waals surface area (Å²) < 4.78 is 67.2. The molecule has 1 aliphatic rings. The van der Waals surface area contributed by atoms with E-state index < -0.39 is 23.1 Å². The Morgan fingerprint density at radius 1 is 1.25 bits per heavy atom. The number of anilines is 1. The van der Waals surface area contributed by atoms with Crippen LogP contribution >= 0.6 is 0 Å². The molecule has 0 atom stereocenters. The highest BCUT2D eigenvalue weighted by molar-refractivity contribution is 7.92. The maximum Gasteiger partial charge on any atom is 0.272 e. The fourth-order valence-electron chi connectivity index (χ4n) is 2.68. The van der Waals surface area contributed by atoms with Crippen molar-refractivity contribution in [1.29, 1.82) is 0 Å². The average Bonchev–Trinajstić information content (AvgIpc) is 3.08. The maximum absolute atomic E-state index is 12.6. The van der Waals surface area contributed by atoms with Crippen molar-refractivity contribution in [3.8, 4) is 17.5 Å². The molecule has 0 amide bonds. The summed E-state index contributed by atoms with van der Waals surface area (Å²) in [5, 5.41) is 0. The fraction of sp³-hybridized carbons (Fsp3) is 0.500. The van der Waals surface area contributed by atoms with Gasteiger partial charge in [-0.3, -0.25) is 0 Å². The van der Waals surface area contributed by atoms with E-state index in [0.717, 1.165) is 25.0 Å². The number of nitrogens with zero attached hydrogens (tertiary/aromatic N) is 2. The van der Waals surface area contributed by atoms with Gasteiger partial charge in [-0.2, -0.15) is 9.97 Å². The first-order valence-electron chi connectivity index (χ1n) is 8.46. The van der Waals surface area contributed by atoms with Gasteiger partial charge in [-0.05, 0) is 24.8 Å². The van der Waals surface area contributed by atoms with E-state index in [0.29, 0.717) is 5.92 Å². The number of methoxy groups -OCH3 is 2. The van der Waals surface area contributed by atoms with E-state index >= 15 is 0 Å².